The molecule has 1 heteroatoms. The first-order valence-electron chi connectivity index (χ1n) is 6.54. The highest BCUT2D eigenvalue weighted by Gasteiger charge is 2.48. The van der Waals surface area contributed by atoms with Crippen molar-refractivity contribution in [3.05, 3.63) is 12.2 Å². The Labute approximate surface area is 92.9 Å². The molecule has 5 unspecified atom stereocenters. The van der Waals surface area contributed by atoms with Crippen molar-refractivity contribution >= 4 is 0 Å². The summed E-state index contributed by atoms with van der Waals surface area (Å²) < 4.78 is 5.99. The van der Waals surface area contributed by atoms with E-state index in [1.807, 2.05) is 0 Å². The lowest BCUT2D eigenvalue weighted by molar-refractivity contribution is -0.0353. The molecule has 3 fully saturated rings. The predicted molar refractivity (Wildman–Crippen MR) is 61.6 cm³/mol. The van der Waals surface area contributed by atoms with Gasteiger partial charge in [0, 0.05) is 0 Å². The van der Waals surface area contributed by atoms with E-state index in [-0.39, 0.29) is 0 Å². The Kier molecular flexibility index (Phi) is 2.39. The minimum absolute atomic E-state index is 0.511. The standard InChI is InChI=1S/C14H22O/c1-9-5-6-15-13(7-9)14-10(2)11-3-4-12(14)8-11/h10-14H,1,3-8H2,2H3. The van der Waals surface area contributed by atoms with Gasteiger partial charge in [0.25, 0.3) is 0 Å². The fourth-order valence-electron chi connectivity index (χ4n) is 4.31. The Bertz CT molecular complexity index is 269. The lowest BCUT2D eigenvalue weighted by atomic mass is 9.75. The van der Waals surface area contributed by atoms with Crippen molar-refractivity contribution in [1.82, 2.24) is 0 Å². The van der Waals surface area contributed by atoms with Crippen molar-refractivity contribution in [2.75, 3.05) is 6.61 Å². The molecule has 0 spiro atoms. The Morgan fingerprint density at radius 2 is 2.07 bits per heavy atom. The molecular formula is C14H22O. The van der Waals surface area contributed by atoms with E-state index in [0.29, 0.717) is 6.10 Å². The maximum absolute atomic E-state index is 5.99. The van der Waals surface area contributed by atoms with Gasteiger partial charge in [-0.25, -0.2) is 0 Å². The third-order valence-corrected chi connectivity index (χ3v) is 5.12. The van der Waals surface area contributed by atoms with Crippen LogP contribution in [0.4, 0.5) is 0 Å². The van der Waals surface area contributed by atoms with Crippen LogP contribution in [-0.2, 0) is 4.74 Å². The second-order valence-electron chi connectivity index (χ2n) is 5.88. The van der Waals surface area contributed by atoms with Crippen molar-refractivity contribution in [3.8, 4) is 0 Å². The zero-order valence-electron chi connectivity index (χ0n) is 9.74. The summed E-state index contributed by atoms with van der Waals surface area (Å²) in [5.41, 5.74) is 1.42. The number of hydrogen-bond acceptors (Lipinski definition) is 1. The molecule has 0 aromatic rings. The Balaban J connectivity index is 1.73. The maximum atomic E-state index is 5.99. The summed E-state index contributed by atoms with van der Waals surface area (Å²) in [4.78, 5) is 0. The smallest absolute Gasteiger partial charge is 0.0645 e. The van der Waals surface area contributed by atoms with Crippen molar-refractivity contribution < 1.29 is 4.74 Å². The van der Waals surface area contributed by atoms with E-state index in [0.717, 1.165) is 43.1 Å². The van der Waals surface area contributed by atoms with Gasteiger partial charge in [0.1, 0.15) is 0 Å². The van der Waals surface area contributed by atoms with Gasteiger partial charge >= 0.3 is 0 Å². The van der Waals surface area contributed by atoms with Gasteiger partial charge in [0.2, 0.25) is 0 Å². The molecule has 3 aliphatic rings. The third-order valence-electron chi connectivity index (χ3n) is 5.12. The van der Waals surface area contributed by atoms with E-state index >= 15 is 0 Å². The van der Waals surface area contributed by atoms with Gasteiger partial charge in [-0.1, -0.05) is 19.1 Å². The van der Waals surface area contributed by atoms with Crippen LogP contribution in [0, 0.1) is 23.7 Å². The Hall–Kier alpha value is -0.300. The largest absolute Gasteiger partial charge is 0.377 e. The van der Waals surface area contributed by atoms with Crippen LogP contribution in [-0.4, -0.2) is 12.7 Å². The molecule has 0 aromatic heterocycles. The van der Waals surface area contributed by atoms with Gasteiger partial charge in [-0.05, 0) is 55.8 Å². The highest BCUT2D eigenvalue weighted by molar-refractivity contribution is 5.05. The molecule has 0 amide bonds. The van der Waals surface area contributed by atoms with Gasteiger partial charge in [0.05, 0.1) is 12.7 Å². The normalized spacial score (nSPS) is 49.9. The molecule has 84 valence electrons. The van der Waals surface area contributed by atoms with Crippen LogP contribution < -0.4 is 0 Å². The van der Waals surface area contributed by atoms with Crippen molar-refractivity contribution in [1.29, 1.82) is 0 Å². The molecule has 3 rings (SSSR count). The first-order valence-corrected chi connectivity index (χ1v) is 6.54. The zero-order valence-corrected chi connectivity index (χ0v) is 9.74. The maximum Gasteiger partial charge on any atom is 0.0645 e. The summed E-state index contributed by atoms with van der Waals surface area (Å²) >= 11 is 0. The Morgan fingerprint density at radius 3 is 2.73 bits per heavy atom. The molecule has 1 nitrogen and oxygen atoms in total. The SMILES string of the molecule is C=C1CCOC(C2C3CCC(C3)C2C)C1. The Morgan fingerprint density at radius 1 is 1.27 bits per heavy atom. The van der Waals surface area contributed by atoms with Crippen molar-refractivity contribution in [3.63, 3.8) is 0 Å². The lowest BCUT2D eigenvalue weighted by Gasteiger charge is -2.37. The molecule has 0 radical (unpaired) electrons. The van der Waals surface area contributed by atoms with E-state index in [4.69, 9.17) is 4.74 Å². The topological polar surface area (TPSA) is 9.23 Å². The fourth-order valence-corrected chi connectivity index (χ4v) is 4.31. The summed E-state index contributed by atoms with van der Waals surface area (Å²) in [7, 11) is 0. The summed E-state index contributed by atoms with van der Waals surface area (Å²) in [6.45, 7) is 7.52. The second-order valence-corrected chi connectivity index (χ2v) is 5.88. The van der Waals surface area contributed by atoms with E-state index < -0.39 is 0 Å². The van der Waals surface area contributed by atoms with Gasteiger partial charge < -0.3 is 4.74 Å². The highest BCUT2D eigenvalue weighted by atomic mass is 16.5. The monoisotopic (exact) mass is 206 g/mol. The molecule has 15 heavy (non-hydrogen) atoms. The lowest BCUT2D eigenvalue weighted by Crippen LogP contribution is -2.36. The number of rotatable bonds is 1. The minimum Gasteiger partial charge on any atom is -0.377 e. The molecule has 1 saturated heterocycles. The van der Waals surface area contributed by atoms with Crippen LogP contribution in [0.5, 0.6) is 0 Å². The van der Waals surface area contributed by atoms with Crippen LogP contribution in [0.15, 0.2) is 12.2 Å². The predicted octanol–water partition coefficient (Wildman–Crippen LogP) is 3.40. The third kappa shape index (κ3) is 1.56. The highest BCUT2D eigenvalue weighted by Crippen LogP contribution is 2.54. The average molecular weight is 206 g/mol. The van der Waals surface area contributed by atoms with Gasteiger partial charge in [-0.2, -0.15) is 0 Å². The molecule has 2 bridgehead atoms. The van der Waals surface area contributed by atoms with Crippen LogP contribution in [0.25, 0.3) is 0 Å². The molecule has 1 aliphatic heterocycles. The van der Waals surface area contributed by atoms with Crippen molar-refractivity contribution in [2.45, 2.75) is 45.1 Å². The van der Waals surface area contributed by atoms with E-state index in [2.05, 4.69) is 13.5 Å². The van der Waals surface area contributed by atoms with Crippen LogP contribution in [0.2, 0.25) is 0 Å². The van der Waals surface area contributed by atoms with Gasteiger partial charge in [-0.3, -0.25) is 0 Å². The van der Waals surface area contributed by atoms with Gasteiger partial charge in [-0.15, -0.1) is 0 Å². The fraction of sp³-hybridized carbons (Fsp3) is 0.857. The summed E-state index contributed by atoms with van der Waals surface area (Å²) in [6.07, 6.45) is 7.17. The van der Waals surface area contributed by atoms with Crippen LogP contribution in [0.3, 0.4) is 0 Å². The van der Waals surface area contributed by atoms with E-state index in [1.54, 1.807) is 0 Å². The molecule has 5 atom stereocenters. The quantitative estimate of drug-likeness (QED) is 0.597. The number of fused-ring (bicyclic) bond motifs is 2. The zero-order chi connectivity index (χ0) is 10.4. The summed E-state index contributed by atoms with van der Waals surface area (Å²) in [5, 5.41) is 0. The summed E-state index contributed by atoms with van der Waals surface area (Å²) in [5.74, 6) is 3.74. The average Bonchev–Trinajstić information content (AvgIpc) is 2.77. The molecular weight excluding hydrogens is 184 g/mol. The summed E-state index contributed by atoms with van der Waals surface area (Å²) in [6, 6.07) is 0. The van der Waals surface area contributed by atoms with Crippen molar-refractivity contribution in [2.24, 2.45) is 23.7 Å². The molecule has 0 N–H and O–H groups in total. The number of ether oxygens (including phenoxy) is 1. The van der Waals surface area contributed by atoms with Gasteiger partial charge in [0.15, 0.2) is 0 Å². The first-order chi connectivity index (χ1) is 7.25. The van der Waals surface area contributed by atoms with E-state index in [1.165, 1.54) is 24.8 Å². The minimum atomic E-state index is 0.511. The van der Waals surface area contributed by atoms with Crippen LogP contribution in [0.1, 0.15) is 39.0 Å². The first kappa shape index (κ1) is 9.89. The second kappa shape index (κ2) is 3.62. The molecule has 1 heterocycles. The molecule has 0 aromatic carbocycles. The van der Waals surface area contributed by atoms with E-state index in [9.17, 15) is 0 Å². The molecule has 2 saturated carbocycles. The number of hydrogen-bond donors (Lipinski definition) is 0. The van der Waals surface area contributed by atoms with Crippen LogP contribution >= 0.6 is 0 Å². The molecule has 2 aliphatic carbocycles.